The lowest BCUT2D eigenvalue weighted by molar-refractivity contribution is 0.768. The van der Waals surface area contributed by atoms with Crippen molar-refractivity contribution in [2.75, 3.05) is 4.90 Å². The Bertz CT molecular complexity index is 3570. The van der Waals surface area contributed by atoms with Crippen LogP contribution < -0.4 is 4.90 Å². The third kappa shape index (κ3) is 5.74. The first-order valence-electron chi connectivity index (χ1n) is 22.5. The summed E-state index contributed by atoms with van der Waals surface area (Å²) in [6.45, 7) is 0. The lowest BCUT2D eigenvalue weighted by Gasteiger charge is -2.35. The number of benzene rings is 11. The van der Waals surface area contributed by atoms with Crippen LogP contribution in [0.5, 0.6) is 0 Å². The van der Waals surface area contributed by atoms with Crippen LogP contribution in [0, 0.1) is 0 Å². The van der Waals surface area contributed by atoms with E-state index >= 15 is 0 Å². The molecule has 2 heteroatoms. The number of anilines is 3. The lowest BCUT2D eigenvalue weighted by atomic mass is 9.67. The van der Waals surface area contributed by atoms with E-state index in [-0.39, 0.29) is 0 Å². The molecule has 1 aromatic heterocycles. The zero-order valence-corrected chi connectivity index (χ0v) is 35.6. The summed E-state index contributed by atoms with van der Waals surface area (Å²) in [5.41, 5.74) is 18.8. The molecule has 0 atom stereocenters. The summed E-state index contributed by atoms with van der Waals surface area (Å²) in [6.07, 6.45) is 0. The number of aromatic nitrogens is 1. The smallest absolute Gasteiger partial charge is 0.0714 e. The normalized spacial score (nSPS) is 12.7. The second-order valence-corrected chi connectivity index (χ2v) is 17.3. The highest BCUT2D eigenvalue weighted by molar-refractivity contribution is 6.24. The molecule has 65 heavy (non-hydrogen) atoms. The fraction of sp³-hybridized carbons (Fsp3) is 0.0159. The molecule has 0 fully saturated rings. The molecule has 0 amide bonds. The molecule has 0 aliphatic heterocycles. The number of hydrogen-bond acceptors (Lipinski definition) is 1. The molecule has 1 heterocycles. The first-order valence-corrected chi connectivity index (χ1v) is 22.5. The van der Waals surface area contributed by atoms with Gasteiger partial charge in [-0.05, 0) is 127 Å². The maximum atomic E-state index is 2.45. The molecular formula is C63H42N2. The zero-order chi connectivity index (χ0) is 42.9. The second kappa shape index (κ2) is 14.8. The van der Waals surface area contributed by atoms with Gasteiger partial charge in [0.05, 0.1) is 16.4 Å². The minimum atomic E-state index is -0.504. The Hall–Kier alpha value is -8.46. The van der Waals surface area contributed by atoms with Crippen LogP contribution in [0.3, 0.4) is 0 Å². The molecule has 0 saturated heterocycles. The number of fused-ring (bicyclic) bond motifs is 3. The van der Waals surface area contributed by atoms with Gasteiger partial charge in [-0.15, -0.1) is 0 Å². The first kappa shape index (κ1) is 37.1. The average molecular weight is 827 g/mol. The highest BCUT2D eigenvalue weighted by Gasteiger charge is 2.46. The van der Waals surface area contributed by atoms with Crippen LogP contribution in [0.1, 0.15) is 22.3 Å². The Morgan fingerprint density at radius 3 is 1.40 bits per heavy atom. The van der Waals surface area contributed by atoms with Gasteiger partial charge in [0.1, 0.15) is 0 Å². The summed E-state index contributed by atoms with van der Waals surface area (Å²) in [6, 6.07) is 93.8. The van der Waals surface area contributed by atoms with Gasteiger partial charge in [0.15, 0.2) is 0 Å². The molecule has 0 unspecified atom stereocenters. The van der Waals surface area contributed by atoms with E-state index in [0.717, 1.165) is 22.7 Å². The summed E-state index contributed by atoms with van der Waals surface area (Å²) >= 11 is 0. The fourth-order valence-corrected chi connectivity index (χ4v) is 11.0. The molecule has 0 radical (unpaired) electrons. The maximum absolute atomic E-state index is 2.45. The highest BCUT2D eigenvalue weighted by Crippen LogP contribution is 2.57. The number of rotatable bonds is 8. The predicted octanol–water partition coefficient (Wildman–Crippen LogP) is 16.5. The maximum Gasteiger partial charge on any atom is 0.0714 e. The molecule has 0 spiro atoms. The van der Waals surface area contributed by atoms with Gasteiger partial charge < -0.3 is 9.47 Å². The van der Waals surface area contributed by atoms with Crippen molar-refractivity contribution in [3.8, 4) is 39.1 Å². The van der Waals surface area contributed by atoms with Crippen molar-refractivity contribution in [1.82, 2.24) is 4.57 Å². The predicted molar refractivity (Wildman–Crippen MR) is 272 cm³/mol. The van der Waals surface area contributed by atoms with Crippen LogP contribution in [0.25, 0.3) is 71.6 Å². The van der Waals surface area contributed by atoms with E-state index in [1.54, 1.807) is 0 Å². The van der Waals surface area contributed by atoms with Crippen LogP contribution in [0.4, 0.5) is 17.1 Å². The second-order valence-electron chi connectivity index (χ2n) is 17.3. The van der Waals surface area contributed by atoms with Crippen LogP contribution in [-0.4, -0.2) is 4.57 Å². The highest BCUT2D eigenvalue weighted by atomic mass is 15.1. The van der Waals surface area contributed by atoms with Gasteiger partial charge in [-0.2, -0.15) is 0 Å². The Morgan fingerprint density at radius 1 is 0.308 bits per heavy atom. The van der Waals surface area contributed by atoms with E-state index in [1.807, 2.05) is 0 Å². The van der Waals surface area contributed by atoms with Crippen molar-refractivity contribution < 1.29 is 0 Å². The molecule has 304 valence electrons. The Kier molecular flexibility index (Phi) is 8.47. The van der Waals surface area contributed by atoms with E-state index in [4.69, 9.17) is 0 Å². The molecule has 0 saturated carbocycles. The van der Waals surface area contributed by atoms with Gasteiger partial charge in [-0.1, -0.05) is 194 Å². The van der Waals surface area contributed by atoms with E-state index in [2.05, 4.69) is 264 Å². The number of hydrogen-bond donors (Lipinski definition) is 0. The van der Waals surface area contributed by atoms with Crippen LogP contribution in [-0.2, 0) is 5.41 Å². The van der Waals surface area contributed by atoms with Crippen molar-refractivity contribution in [3.63, 3.8) is 0 Å². The van der Waals surface area contributed by atoms with Gasteiger partial charge in [0.25, 0.3) is 0 Å². The molecular weight excluding hydrogens is 785 g/mol. The summed E-state index contributed by atoms with van der Waals surface area (Å²) in [5, 5.41) is 5.20. The minimum absolute atomic E-state index is 0.504. The summed E-state index contributed by atoms with van der Waals surface area (Å²) < 4.78 is 2.43. The lowest BCUT2D eigenvalue weighted by Crippen LogP contribution is -2.28. The topological polar surface area (TPSA) is 8.17 Å². The van der Waals surface area contributed by atoms with Crippen molar-refractivity contribution in [1.29, 1.82) is 0 Å². The molecule has 11 aromatic carbocycles. The largest absolute Gasteiger partial charge is 0.310 e. The van der Waals surface area contributed by atoms with Gasteiger partial charge >= 0.3 is 0 Å². The molecule has 1 aliphatic carbocycles. The Balaban J connectivity index is 0.958. The number of nitrogens with zero attached hydrogens (tertiary/aromatic N) is 2. The van der Waals surface area contributed by atoms with Crippen molar-refractivity contribution >= 4 is 49.6 Å². The minimum Gasteiger partial charge on any atom is -0.310 e. The fourth-order valence-electron chi connectivity index (χ4n) is 11.0. The van der Waals surface area contributed by atoms with E-state index in [1.165, 1.54) is 88.2 Å². The average Bonchev–Trinajstić information content (AvgIpc) is 3.89. The first-order chi connectivity index (χ1) is 32.2. The van der Waals surface area contributed by atoms with Gasteiger partial charge in [-0.25, -0.2) is 0 Å². The van der Waals surface area contributed by atoms with Crippen LogP contribution in [0.15, 0.2) is 255 Å². The molecule has 13 rings (SSSR count). The molecule has 1 aliphatic rings. The Labute approximate surface area is 378 Å². The molecule has 2 nitrogen and oxygen atoms in total. The summed E-state index contributed by atoms with van der Waals surface area (Å²) in [5.74, 6) is 0. The van der Waals surface area contributed by atoms with Crippen molar-refractivity contribution in [2.24, 2.45) is 0 Å². The standard InChI is InChI=1S/C63H42N2/c1-4-15-43(16-5-1)44-31-35-51(36-32-44)64(54-39-40-56-55-25-10-11-26-57(55)63(58(56)42-54,49-20-6-2-7-21-49)50-22-8-3-9-23-50)52-37-33-45(34-38-52)48-19-12-24-53(41-48)65-59-27-13-17-46-29-30-47-18-14-28-60(65)62(47)61(46)59/h1-42H. The zero-order valence-electron chi connectivity index (χ0n) is 35.6. The SMILES string of the molecule is c1ccc(-c2ccc(N(c3ccc(-c4cccc(-n5c6cccc7ccc8cccc5c8c76)c4)cc3)c3ccc4c(c3)C(c3ccccc3)(c3ccccc3)c3ccccc3-4)cc2)cc1. The summed E-state index contributed by atoms with van der Waals surface area (Å²) in [4.78, 5) is 2.42. The van der Waals surface area contributed by atoms with Crippen LogP contribution in [0.2, 0.25) is 0 Å². The monoisotopic (exact) mass is 826 g/mol. The Morgan fingerprint density at radius 2 is 0.785 bits per heavy atom. The summed E-state index contributed by atoms with van der Waals surface area (Å²) in [7, 11) is 0. The molecule has 0 N–H and O–H groups in total. The van der Waals surface area contributed by atoms with E-state index in [9.17, 15) is 0 Å². The van der Waals surface area contributed by atoms with E-state index in [0.29, 0.717) is 0 Å². The third-order valence-corrected chi connectivity index (χ3v) is 13.8. The quantitative estimate of drug-likeness (QED) is 0.139. The van der Waals surface area contributed by atoms with Gasteiger partial charge in [0, 0.05) is 33.5 Å². The van der Waals surface area contributed by atoms with Crippen molar-refractivity contribution in [2.45, 2.75) is 5.41 Å². The van der Waals surface area contributed by atoms with Gasteiger partial charge in [0.2, 0.25) is 0 Å². The molecule has 12 aromatic rings. The van der Waals surface area contributed by atoms with Gasteiger partial charge in [-0.3, -0.25) is 0 Å². The van der Waals surface area contributed by atoms with E-state index < -0.39 is 5.41 Å². The third-order valence-electron chi connectivity index (χ3n) is 13.8. The van der Waals surface area contributed by atoms with Crippen molar-refractivity contribution in [3.05, 3.63) is 277 Å². The molecule has 0 bridgehead atoms. The van der Waals surface area contributed by atoms with Crippen LogP contribution >= 0.6 is 0 Å².